The Bertz CT molecular complexity index is 628. The van der Waals surface area contributed by atoms with Gasteiger partial charge in [-0.15, -0.1) is 0 Å². The molecule has 0 aromatic heterocycles. The molecule has 0 amide bonds. The van der Waals surface area contributed by atoms with E-state index in [1.165, 1.54) is 120 Å². The number of unbranched alkanes of at least 4 members (excludes halogenated alkanes) is 12. The molecule has 0 saturated heterocycles. The third-order valence-corrected chi connectivity index (χ3v) is 8.38. The fourth-order valence-electron chi connectivity index (χ4n) is 5.03. The van der Waals surface area contributed by atoms with E-state index in [-0.39, 0.29) is 24.9 Å². The largest absolute Gasteiger partial charge is 1.00 e. The monoisotopic (exact) mass is 546 g/mol. The van der Waals surface area contributed by atoms with Gasteiger partial charge in [-0.05, 0) is 57.1 Å². The topological polar surface area (TPSA) is 0 Å². The second kappa shape index (κ2) is 21.6. The molecule has 0 unspecified atom stereocenters. The molecule has 0 saturated carbocycles. The molecule has 2 rings (SSSR count). The molecule has 0 N–H and O–H groups in total. The van der Waals surface area contributed by atoms with Crippen molar-refractivity contribution in [3.8, 4) is 0 Å². The summed E-state index contributed by atoms with van der Waals surface area (Å²) in [5.74, 6) is 0.765. The van der Waals surface area contributed by atoms with E-state index in [2.05, 4.69) is 74.0 Å². The standard InChI is InChI=1S/C32H51P.BrH/c1-33(2)27-21-13-11-9-7-5-3-4-6-8-10-12-16-26-32(28-30-22-17-14-18-23-30)29-31-24-19-15-20-25-31;/h14-15,17-20,22-25,32H,3-13,16,21,26-29H2,1-2H3;1H. The molecule has 0 fully saturated rings. The normalized spacial score (nSPS) is 11.2. The average Bonchev–Trinajstić information content (AvgIpc) is 2.82. The van der Waals surface area contributed by atoms with Crippen LogP contribution >= 0.6 is 7.92 Å². The number of hydrogen-bond donors (Lipinski definition) is 0. The van der Waals surface area contributed by atoms with Crippen LogP contribution in [0, 0.1) is 5.92 Å². The molecule has 0 aliphatic carbocycles. The van der Waals surface area contributed by atoms with E-state index in [0.717, 1.165) is 5.92 Å². The predicted molar refractivity (Wildman–Crippen MR) is 153 cm³/mol. The van der Waals surface area contributed by atoms with E-state index in [0.29, 0.717) is 0 Å². The van der Waals surface area contributed by atoms with Gasteiger partial charge >= 0.3 is 0 Å². The Hall–Kier alpha value is -0.650. The van der Waals surface area contributed by atoms with Gasteiger partial charge < -0.3 is 17.0 Å². The van der Waals surface area contributed by atoms with Gasteiger partial charge in [0, 0.05) is 13.3 Å². The number of benzene rings is 2. The first kappa shape index (κ1) is 31.4. The second-order valence-electron chi connectivity index (χ2n) is 10.6. The molecular formula is C32H52BrP. The van der Waals surface area contributed by atoms with E-state index < -0.39 is 0 Å². The van der Waals surface area contributed by atoms with Crippen molar-refractivity contribution in [3.05, 3.63) is 71.8 Å². The number of hydrogen-bond acceptors (Lipinski definition) is 0. The Morgan fingerprint density at radius 1 is 0.500 bits per heavy atom. The van der Waals surface area contributed by atoms with Crippen molar-refractivity contribution in [2.24, 2.45) is 5.92 Å². The first-order valence-electron chi connectivity index (χ1n) is 14.1. The first-order chi connectivity index (χ1) is 16.2. The molecule has 0 aliphatic rings. The molecule has 192 valence electrons. The van der Waals surface area contributed by atoms with Crippen molar-refractivity contribution in [1.82, 2.24) is 0 Å². The maximum absolute atomic E-state index is 2.44. The van der Waals surface area contributed by atoms with Gasteiger partial charge in [0.15, 0.2) is 0 Å². The third-order valence-electron chi connectivity index (χ3n) is 7.02. The second-order valence-corrected chi connectivity index (χ2v) is 13.5. The minimum absolute atomic E-state index is 0. The van der Waals surface area contributed by atoms with Crippen LogP contribution in [0.3, 0.4) is 0 Å². The lowest BCUT2D eigenvalue weighted by atomic mass is 9.88. The predicted octanol–water partition coefficient (Wildman–Crippen LogP) is 7.03. The summed E-state index contributed by atoms with van der Waals surface area (Å²) in [6.45, 7) is 4.89. The van der Waals surface area contributed by atoms with Crippen molar-refractivity contribution < 1.29 is 17.0 Å². The van der Waals surface area contributed by atoms with Crippen LogP contribution in [0.15, 0.2) is 60.7 Å². The molecule has 0 heterocycles. The highest BCUT2D eigenvalue weighted by molar-refractivity contribution is 7.55. The van der Waals surface area contributed by atoms with Crippen LogP contribution in [-0.4, -0.2) is 19.5 Å². The van der Waals surface area contributed by atoms with Gasteiger partial charge in [-0.2, -0.15) is 0 Å². The van der Waals surface area contributed by atoms with Crippen molar-refractivity contribution in [1.29, 1.82) is 0 Å². The zero-order valence-corrected chi connectivity index (χ0v) is 24.8. The van der Waals surface area contributed by atoms with Crippen molar-refractivity contribution in [3.63, 3.8) is 0 Å². The third kappa shape index (κ3) is 16.9. The molecule has 0 bridgehead atoms. The lowest BCUT2D eigenvalue weighted by Gasteiger charge is -2.17. The minimum Gasteiger partial charge on any atom is -1.00 e. The Morgan fingerprint density at radius 2 is 0.853 bits per heavy atom. The molecular weight excluding hydrogens is 495 g/mol. The van der Waals surface area contributed by atoms with E-state index >= 15 is 0 Å². The van der Waals surface area contributed by atoms with E-state index in [9.17, 15) is 0 Å². The van der Waals surface area contributed by atoms with Gasteiger partial charge in [0.25, 0.3) is 0 Å². The average molecular weight is 548 g/mol. The number of rotatable bonds is 20. The SMILES string of the molecule is C[PH+](C)CCCCCCCCCCCCCCCC(Cc1ccccc1)Cc1ccccc1.[Br-]. The lowest BCUT2D eigenvalue weighted by molar-refractivity contribution is -0.00000714. The Kier molecular flexibility index (Phi) is 20.0. The fourth-order valence-corrected chi connectivity index (χ4v) is 5.98. The summed E-state index contributed by atoms with van der Waals surface area (Å²) in [6.07, 6.45) is 24.2. The summed E-state index contributed by atoms with van der Waals surface area (Å²) in [4.78, 5) is 0. The van der Waals surface area contributed by atoms with Crippen LogP contribution in [0.1, 0.15) is 101 Å². The Morgan fingerprint density at radius 3 is 1.24 bits per heavy atom. The first-order valence-corrected chi connectivity index (χ1v) is 16.8. The van der Waals surface area contributed by atoms with E-state index in [1.54, 1.807) is 0 Å². The van der Waals surface area contributed by atoms with Gasteiger partial charge in [-0.1, -0.05) is 131 Å². The van der Waals surface area contributed by atoms with Gasteiger partial charge in [0.2, 0.25) is 0 Å². The highest BCUT2D eigenvalue weighted by Crippen LogP contribution is 2.26. The highest BCUT2D eigenvalue weighted by atomic mass is 79.9. The summed E-state index contributed by atoms with van der Waals surface area (Å²) >= 11 is 0. The van der Waals surface area contributed by atoms with Crippen LogP contribution in [0.25, 0.3) is 0 Å². The minimum atomic E-state index is 0. The van der Waals surface area contributed by atoms with Crippen LogP contribution in [-0.2, 0) is 12.8 Å². The smallest absolute Gasteiger partial charge is 0.0566 e. The summed E-state index contributed by atoms with van der Waals surface area (Å²) in [5, 5.41) is 0. The highest BCUT2D eigenvalue weighted by Gasteiger charge is 2.11. The molecule has 0 radical (unpaired) electrons. The van der Waals surface area contributed by atoms with Crippen LogP contribution in [0.2, 0.25) is 0 Å². The summed E-state index contributed by atoms with van der Waals surface area (Å²) in [7, 11) is 0.0195. The molecule has 2 aromatic carbocycles. The van der Waals surface area contributed by atoms with Gasteiger partial charge in [-0.3, -0.25) is 0 Å². The van der Waals surface area contributed by atoms with E-state index in [1.807, 2.05) is 0 Å². The molecule has 2 aromatic rings. The number of halogens is 1. The van der Waals surface area contributed by atoms with Crippen LogP contribution in [0.4, 0.5) is 0 Å². The molecule has 0 nitrogen and oxygen atoms in total. The van der Waals surface area contributed by atoms with Crippen molar-refractivity contribution >= 4 is 7.92 Å². The van der Waals surface area contributed by atoms with Crippen LogP contribution < -0.4 is 17.0 Å². The maximum atomic E-state index is 2.44. The lowest BCUT2D eigenvalue weighted by Crippen LogP contribution is -3.00. The van der Waals surface area contributed by atoms with Gasteiger partial charge in [0.05, 0.1) is 6.16 Å². The van der Waals surface area contributed by atoms with Gasteiger partial charge in [0.1, 0.15) is 0 Å². The Balaban J connectivity index is 0.00000578. The zero-order valence-electron chi connectivity index (χ0n) is 22.2. The zero-order chi connectivity index (χ0) is 23.4. The molecule has 0 atom stereocenters. The summed E-state index contributed by atoms with van der Waals surface area (Å²) in [5.41, 5.74) is 2.99. The van der Waals surface area contributed by atoms with Crippen molar-refractivity contribution in [2.45, 2.75) is 103 Å². The quantitative estimate of drug-likeness (QED) is 0.123. The molecule has 2 heteroatoms. The summed E-state index contributed by atoms with van der Waals surface area (Å²) < 4.78 is 0. The van der Waals surface area contributed by atoms with Crippen LogP contribution in [0.5, 0.6) is 0 Å². The molecule has 0 spiro atoms. The van der Waals surface area contributed by atoms with Crippen molar-refractivity contribution in [2.75, 3.05) is 19.5 Å². The molecule has 0 aliphatic heterocycles. The molecule has 34 heavy (non-hydrogen) atoms. The maximum Gasteiger partial charge on any atom is 0.0566 e. The Labute approximate surface area is 224 Å². The fraction of sp³-hybridized carbons (Fsp3) is 0.625. The van der Waals surface area contributed by atoms with E-state index in [4.69, 9.17) is 0 Å². The van der Waals surface area contributed by atoms with Gasteiger partial charge in [-0.25, -0.2) is 0 Å². The summed E-state index contributed by atoms with van der Waals surface area (Å²) in [6, 6.07) is 22.2.